The molecule has 0 saturated carbocycles. The average Bonchev–Trinajstić information content (AvgIpc) is 2.84. The van der Waals surface area contributed by atoms with Crippen LogP contribution in [0.25, 0.3) is 0 Å². The molecule has 1 heterocycles. The number of hydrogen-bond acceptors (Lipinski definition) is 6. The van der Waals surface area contributed by atoms with Crippen LogP contribution < -0.4 is 4.74 Å². The summed E-state index contributed by atoms with van der Waals surface area (Å²) in [5.41, 5.74) is 3.21. The Morgan fingerprint density at radius 1 is 1.50 bits per heavy atom. The normalized spacial score (nSPS) is 10.5. The standard InChI is InChI=1S/C13H14N2O4S/c1-9-13(20-8-14-9)4-5-19-12-6-10(7-16)2-3-11(12)15(17)18/h2-3,6,8,16H,4-5,7H2,1H3. The lowest BCUT2D eigenvalue weighted by Gasteiger charge is -2.07. The maximum atomic E-state index is 10.9. The fourth-order valence-electron chi connectivity index (χ4n) is 1.74. The summed E-state index contributed by atoms with van der Waals surface area (Å²) in [4.78, 5) is 15.7. The molecule has 106 valence electrons. The minimum atomic E-state index is -0.492. The number of aromatic nitrogens is 1. The van der Waals surface area contributed by atoms with Crippen molar-refractivity contribution >= 4 is 17.0 Å². The van der Waals surface area contributed by atoms with Crippen molar-refractivity contribution in [2.24, 2.45) is 0 Å². The van der Waals surface area contributed by atoms with Gasteiger partial charge in [-0.15, -0.1) is 11.3 Å². The molecule has 0 radical (unpaired) electrons. The summed E-state index contributed by atoms with van der Waals surface area (Å²) < 4.78 is 5.50. The van der Waals surface area contributed by atoms with Gasteiger partial charge >= 0.3 is 5.69 Å². The number of aliphatic hydroxyl groups excluding tert-OH is 1. The number of ether oxygens (including phenoxy) is 1. The van der Waals surface area contributed by atoms with Crippen LogP contribution in [0.15, 0.2) is 23.7 Å². The molecule has 0 aliphatic heterocycles. The van der Waals surface area contributed by atoms with Gasteiger partial charge in [0.25, 0.3) is 0 Å². The van der Waals surface area contributed by atoms with E-state index in [2.05, 4.69) is 4.98 Å². The molecule has 0 atom stereocenters. The fourth-order valence-corrected chi connectivity index (χ4v) is 2.51. The van der Waals surface area contributed by atoms with Crippen LogP contribution in [0.2, 0.25) is 0 Å². The van der Waals surface area contributed by atoms with Crippen LogP contribution in [0.5, 0.6) is 5.75 Å². The molecule has 0 aliphatic carbocycles. The average molecular weight is 294 g/mol. The third-order valence-corrected chi connectivity index (χ3v) is 3.83. The first-order valence-corrected chi connectivity index (χ1v) is 6.89. The van der Waals surface area contributed by atoms with Crippen LogP contribution in [-0.2, 0) is 13.0 Å². The fraction of sp³-hybridized carbons (Fsp3) is 0.308. The van der Waals surface area contributed by atoms with Crippen molar-refractivity contribution in [2.45, 2.75) is 20.0 Å². The van der Waals surface area contributed by atoms with E-state index in [9.17, 15) is 10.1 Å². The summed E-state index contributed by atoms with van der Waals surface area (Å²) in [6.45, 7) is 2.07. The number of rotatable bonds is 6. The molecule has 2 rings (SSSR count). The second-order valence-electron chi connectivity index (χ2n) is 4.18. The summed E-state index contributed by atoms with van der Waals surface area (Å²) in [5.74, 6) is 0.184. The molecule has 0 amide bonds. The van der Waals surface area contributed by atoms with Gasteiger partial charge in [-0.3, -0.25) is 10.1 Å². The van der Waals surface area contributed by atoms with Crippen LogP contribution in [0.3, 0.4) is 0 Å². The van der Waals surface area contributed by atoms with Crippen molar-refractivity contribution in [1.82, 2.24) is 4.98 Å². The quantitative estimate of drug-likeness (QED) is 0.653. The summed E-state index contributed by atoms with van der Waals surface area (Å²) in [7, 11) is 0. The SMILES string of the molecule is Cc1ncsc1CCOc1cc(CO)ccc1[N+](=O)[O-]. The third kappa shape index (κ3) is 3.31. The second-order valence-corrected chi connectivity index (χ2v) is 5.12. The summed E-state index contributed by atoms with van der Waals surface area (Å²) in [6.07, 6.45) is 0.650. The maximum Gasteiger partial charge on any atom is 0.310 e. The van der Waals surface area contributed by atoms with E-state index in [1.165, 1.54) is 29.5 Å². The first-order chi connectivity index (χ1) is 9.61. The smallest absolute Gasteiger partial charge is 0.310 e. The van der Waals surface area contributed by atoms with Crippen molar-refractivity contribution in [2.75, 3.05) is 6.61 Å². The monoisotopic (exact) mass is 294 g/mol. The lowest BCUT2D eigenvalue weighted by Crippen LogP contribution is -2.04. The highest BCUT2D eigenvalue weighted by molar-refractivity contribution is 7.09. The minimum Gasteiger partial charge on any atom is -0.486 e. The summed E-state index contributed by atoms with van der Waals surface area (Å²) >= 11 is 1.54. The van der Waals surface area contributed by atoms with Gasteiger partial charge in [0.05, 0.1) is 29.3 Å². The van der Waals surface area contributed by atoms with Gasteiger partial charge < -0.3 is 9.84 Å². The highest BCUT2D eigenvalue weighted by atomic mass is 32.1. The number of nitro benzene ring substituents is 1. The highest BCUT2D eigenvalue weighted by Crippen LogP contribution is 2.28. The third-order valence-electron chi connectivity index (χ3n) is 2.84. The van der Waals surface area contributed by atoms with Gasteiger partial charge in [-0.1, -0.05) is 0 Å². The van der Waals surface area contributed by atoms with Gasteiger partial charge in [-0.05, 0) is 24.6 Å². The molecular weight excluding hydrogens is 280 g/mol. The van der Waals surface area contributed by atoms with Crippen molar-refractivity contribution in [1.29, 1.82) is 0 Å². The largest absolute Gasteiger partial charge is 0.486 e. The molecule has 1 N–H and O–H groups in total. The predicted octanol–water partition coefficient (Wildman–Crippen LogP) is 2.47. The maximum absolute atomic E-state index is 10.9. The Hall–Kier alpha value is -1.99. The molecule has 0 aliphatic rings. The zero-order chi connectivity index (χ0) is 14.5. The molecular formula is C13H14N2O4S. The van der Waals surface area contributed by atoms with E-state index in [0.717, 1.165) is 10.6 Å². The lowest BCUT2D eigenvalue weighted by atomic mass is 10.2. The Labute approximate surface area is 119 Å². The summed E-state index contributed by atoms with van der Waals surface area (Å²) in [5, 5.41) is 20.0. The summed E-state index contributed by atoms with van der Waals surface area (Å²) in [6, 6.07) is 4.36. The molecule has 2 aromatic rings. The van der Waals surface area contributed by atoms with E-state index in [1.807, 2.05) is 6.92 Å². The lowest BCUT2D eigenvalue weighted by molar-refractivity contribution is -0.385. The van der Waals surface area contributed by atoms with Gasteiger partial charge in [0.15, 0.2) is 5.75 Å². The van der Waals surface area contributed by atoms with E-state index in [1.54, 1.807) is 5.51 Å². The number of thiazole rings is 1. The molecule has 0 spiro atoms. The van der Waals surface area contributed by atoms with E-state index in [4.69, 9.17) is 9.84 Å². The van der Waals surface area contributed by atoms with Crippen LogP contribution in [0.4, 0.5) is 5.69 Å². The first-order valence-electron chi connectivity index (χ1n) is 6.01. The molecule has 20 heavy (non-hydrogen) atoms. The van der Waals surface area contributed by atoms with Gasteiger partial charge in [-0.2, -0.15) is 0 Å². The number of aliphatic hydroxyl groups is 1. The number of nitrogens with zero attached hydrogens (tertiary/aromatic N) is 2. The number of hydrogen-bond donors (Lipinski definition) is 1. The Morgan fingerprint density at radius 3 is 2.90 bits per heavy atom. The first kappa shape index (κ1) is 14.4. The number of nitro groups is 1. The van der Waals surface area contributed by atoms with Crippen molar-refractivity contribution in [3.05, 3.63) is 50.0 Å². The highest BCUT2D eigenvalue weighted by Gasteiger charge is 2.15. The molecule has 0 saturated heterocycles. The molecule has 0 unspecified atom stereocenters. The van der Waals surface area contributed by atoms with Crippen molar-refractivity contribution in [3.8, 4) is 5.75 Å². The van der Waals surface area contributed by atoms with Crippen molar-refractivity contribution in [3.63, 3.8) is 0 Å². The van der Waals surface area contributed by atoms with E-state index in [-0.39, 0.29) is 18.0 Å². The molecule has 0 bridgehead atoms. The Kier molecular flexibility index (Phi) is 4.65. The predicted molar refractivity (Wildman–Crippen MR) is 75.1 cm³/mol. The van der Waals surface area contributed by atoms with Crippen LogP contribution in [0.1, 0.15) is 16.1 Å². The molecule has 7 heteroatoms. The number of benzene rings is 1. The Balaban J connectivity index is 2.07. The zero-order valence-electron chi connectivity index (χ0n) is 10.9. The Bertz CT molecular complexity index is 612. The minimum absolute atomic E-state index is 0.0942. The molecule has 6 nitrogen and oxygen atoms in total. The van der Waals surface area contributed by atoms with Crippen LogP contribution >= 0.6 is 11.3 Å². The molecule has 1 aromatic heterocycles. The van der Waals surface area contributed by atoms with Crippen LogP contribution in [-0.4, -0.2) is 21.6 Å². The molecule has 1 aromatic carbocycles. The second kappa shape index (κ2) is 6.44. The van der Waals surface area contributed by atoms with E-state index >= 15 is 0 Å². The molecule has 0 fully saturated rings. The Morgan fingerprint density at radius 2 is 2.30 bits per heavy atom. The van der Waals surface area contributed by atoms with Gasteiger partial charge in [-0.25, -0.2) is 4.98 Å². The zero-order valence-corrected chi connectivity index (χ0v) is 11.7. The van der Waals surface area contributed by atoms with Crippen LogP contribution in [0, 0.1) is 17.0 Å². The number of aryl methyl sites for hydroxylation is 1. The van der Waals surface area contributed by atoms with Gasteiger partial charge in [0.2, 0.25) is 0 Å². The van der Waals surface area contributed by atoms with Crippen molar-refractivity contribution < 1.29 is 14.8 Å². The van der Waals surface area contributed by atoms with Gasteiger partial charge in [0.1, 0.15) is 0 Å². The topological polar surface area (TPSA) is 85.5 Å². The van der Waals surface area contributed by atoms with Gasteiger partial charge in [0, 0.05) is 17.4 Å². The van der Waals surface area contributed by atoms with E-state index < -0.39 is 4.92 Å². The van der Waals surface area contributed by atoms with E-state index in [0.29, 0.717) is 18.6 Å².